The van der Waals surface area contributed by atoms with Gasteiger partial charge >= 0.3 is 6.09 Å². The summed E-state index contributed by atoms with van der Waals surface area (Å²) < 4.78 is 5.37. The predicted molar refractivity (Wildman–Crippen MR) is 98.7 cm³/mol. The zero-order chi connectivity index (χ0) is 18.5. The molecule has 5 heteroatoms. The highest BCUT2D eigenvalue weighted by Crippen LogP contribution is 2.23. The first-order valence-corrected chi connectivity index (χ1v) is 9.07. The molecule has 0 bridgehead atoms. The predicted octanol–water partition coefficient (Wildman–Crippen LogP) is 3.01. The highest BCUT2D eigenvalue weighted by Gasteiger charge is 2.41. The molecule has 1 amide bonds. The van der Waals surface area contributed by atoms with Gasteiger partial charge in [0.05, 0.1) is 0 Å². The molecule has 1 heterocycles. The minimum Gasteiger partial charge on any atom is -0.444 e. The van der Waals surface area contributed by atoms with Gasteiger partial charge in [0, 0.05) is 6.42 Å². The third-order valence-electron chi connectivity index (χ3n) is 4.53. The molecule has 0 atom stereocenters. The fraction of sp³-hybridized carbons (Fsp3) is 0.600. The van der Waals surface area contributed by atoms with Crippen LogP contribution in [0.1, 0.15) is 51.7 Å². The summed E-state index contributed by atoms with van der Waals surface area (Å²) >= 11 is 0. The molecule has 1 fully saturated rings. The van der Waals surface area contributed by atoms with Crippen LogP contribution in [0.15, 0.2) is 24.3 Å². The Kier molecular flexibility index (Phi) is 6.22. The lowest BCUT2D eigenvalue weighted by atomic mass is 9.81. The highest BCUT2D eigenvalue weighted by molar-refractivity contribution is 5.93. The van der Waals surface area contributed by atoms with Crippen molar-refractivity contribution in [1.29, 1.82) is 0 Å². The number of benzene rings is 1. The Labute approximate surface area is 150 Å². The van der Waals surface area contributed by atoms with Gasteiger partial charge in [-0.25, -0.2) is 4.79 Å². The van der Waals surface area contributed by atoms with Crippen LogP contribution in [-0.2, 0) is 22.4 Å². The van der Waals surface area contributed by atoms with E-state index in [1.807, 2.05) is 32.9 Å². The maximum Gasteiger partial charge on any atom is 0.408 e. The summed E-state index contributed by atoms with van der Waals surface area (Å²) in [5.41, 5.74) is 0.791. The van der Waals surface area contributed by atoms with Crippen LogP contribution in [0, 0.1) is 0 Å². The van der Waals surface area contributed by atoms with Crippen LogP contribution in [0.2, 0.25) is 0 Å². The fourth-order valence-electron chi connectivity index (χ4n) is 3.07. The minimum atomic E-state index is -0.850. The number of ketones is 1. The number of carbonyl (C=O) groups is 2. The number of amides is 1. The van der Waals surface area contributed by atoms with Crippen LogP contribution in [0.25, 0.3) is 0 Å². The third-order valence-corrected chi connectivity index (χ3v) is 4.53. The second-order valence-corrected chi connectivity index (χ2v) is 7.73. The number of piperidine rings is 1. The molecule has 1 aliphatic rings. The first kappa shape index (κ1) is 19.4. The van der Waals surface area contributed by atoms with Crippen molar-refractivity contribution >= 4 is 11.9 Å². The van der Waals surface area contributed by atoms with E-state index in [4.69, 9.17) is 4.74 Å². The van der Waals surface area contributed by atoms with E-state index in [-0.39, 0.29) is 5.78 Å². The molecule has 0 saturated carbocycles. The average molecular weight is 346 g/mol. The number of aryl methyl sites for hydroxylation is 1. The van der Waals surface area contributed by atoms with Crippen molar-refractivity contribution in [1.82, 2.24) is 10.6 Å². The fourth-order valence-corrected chi connectivity index (χ4v) is 3.07. The number of carbonyl (C=O) groups excluding carboxylic acids is 2. The normalized spacial score (nSPS) is 17.0. The number of ether oxygens (including phenoxy) is 1. The number of hydrogen-bond acceptors (Lipinski definition) is 4. The molecule has 0 unspecified atom stereocenters. The molecular weight excluding hydrogens is 316 g/mol. The molecule has 138 valence electrons. The molecule has 2 N–H and O–H groups in total. The minimum absolute atomic E-state index is 0.0455. The second-order valence-electron chi connectivity index (χ2n) is 7.73. The Balaban J connectivity index is 2.11. The Morgan fingerprint density at radius 2 is 1.68 bits per heavy atom. The topological polar surface area (TPSA) is 67.4 Å². The van der Waals surface area contributed by atoms with Gasteiger partial charge in [-0.05, 0) is 64.3 Å². The lowest BCUT2D eigenvalue weighted by molar-refractivity contribution is -0.126. The largest absolute Gasteiger partial charge is 0.444 e. The van der Waals surface area contributed by atoms with Crippen LogP contribution in [0.3, 0.4) is 0 Å². The van der Waals surface area contributed by atoms with E-state index in [1.165, 1.54) is 5.56 Å². The van der Waals surface area contributed by atoms with Crippen molar-refractivity contribution in [2.75, 3.05) is 13.1 Å². The molecule has 0 aromatic heterocycles. The van der Waals surface area contributed by atoms with Crippen molar-refractivity contribution in [3.05, 3.63) is 35.4 Å². The van der Waals surface area contributed by atoms with E-state index < -0.39 is 17.2 Å². The van der Waals surface area contributed by atoms with Gasteiger partial charge in [0.1, 0.15) is 11.1 Å². The van der Waals surface area contributed by atoms with Crippen LogP contribution in [0.4, 0.5) is 4.79 Å². The summed E-state index contributed by atoms with van der Waals surface area (Å²) in [6.45, 7) is 8.97. The van der Waals surface area contributed by atoms with E-state index in [2.05, 4.69) is 29.7 Å². The van der Waals surface area contributed by atoms with Crippen LogP contribution >= 0.6 is 0 Å². The first-order valence-electron chi connectivity index (χ1n) is 9.07. The molecule has 0 spiro atoms. The van der Waals surface area contributed by atoms with Gasteiger partial charge < -0.3 is 15.4 Å². The maximum atomic E-state index is 13.0. The number of alkyl carbamates (subject to hydrolysis) is 1. The average Bonchev–Trinajstić information content (AvgIpc) is 2.54. The summed E-state index contributed by atoms with van der Waals surface area (Å²) in [6, 6.07) is 8.11. The maximum absolute atomic E-state index is 13.0. The number of hydrogen-bond donors (Lipinski definition) is 2. The molecule has 0 aliphatic carbocycles. The zero-order valence-electron chi connectivity index (χ0n) is 15.8. The summed E-state index contributed by atoms with van der Waals surface area (Å²) in [7, 11) is 0. The second kappa shape index (κ2) is 8.00. The van der Waals surface area contributed by atoms with Crippen LogP contribution in [-0.4, -0.2) is 36.1 Å². The highest BCUT2D eigenvalue weighted by atomic mass is 16.6. The summed E-state index contributed by atoms with van der Waals surface area (Å²) in [6.07, 6.45) is 1.93. The standard InChI is InChI=1S/C20H30N2O3/c1-5-15-6-8-16(9-7-15)14-17(23)20(10-12-21-13-11-20)22-18(24)25-19(2,3)4/h6-9,21H,5,10-14H2,1-4H3,(H,22,24). The molecule has 5 nitrogen and oxygen atoms in total. The quantitative estimate of drug-likeness (QED) is 0.860. The lowest BCUT2D eigenvalue weighted by Crippen LogP contribution is -2.60. The Hall–Kier alpha value is -1.88. The number of nitrogens with one attached hydrogen (secondary N) is 2. The van der Waals surface area contributed by atoms with Gasteiger partial charge in [-0.1, -0.05) is 31.2 Å². The molecule has 25 heavy (non-hydrogen) atoms. The zero-order valence-corrected chi connectivity index (χ0v) is 15.8. The van der Waals surface area contributed by atoms with Gasteiger partial charge in [0.15, 0.2) is 5.78 Å². The van der Waals surface area contributed by atoms with Crippen molar-refractivity contribution in [2.24, 2.45) is 0 Å². The summed E-state index contributed by atoms with van der Waals surface area (Å²) in [5, 5.41) is 6.13. The van der Waals surface area contributed by atoms with Gasteiger partial charge in [-0.3, -0.25) is 4.79 Å². The monoisotopic (exact) mass is 346 g/mol. The summed E-state index contributed by atoms with van der Waals surface area (Å²) in [4.78, 5) is 25.3. The SMILES string of the molecule is CCc1ccc(CC(=O)C2(NC(=O)OC(C)(C)C)CCNCC2)cc1. The molecule has 1 saturated heterocycles. The van der Waals surface area contributed by atoms with Crippen molar-refractivity contribution in [3.8, 4) is 0 Å². The van der Waals surface area contributed by atoms with E-state index in [1.54, 1.807) is 0 Å². The van der Waals surface area contributed by atoms with Gasteiger partial charge in [-0.15, -0.1) is 0 Å². The first-order chi connectivity index (χ1) is 11.7. The van der Waals surface area contributed by atoms with Crippen LogP contribution in [0.5, 0.6) is 0 Å². The van der Waals surface area contributed by atoms with Gasteiger partial charge in [0.2, 0.25) is 0 Å². The van der Waals surface area contributed by atoms with Crippen molar-refractivity contribution in [3.63, 3.8) is 0 Å². The third kappa shape index (κ3) is 5.56. The summed E-state index contributed by atoms with van der Waals surface area (Å²) in [5.74, 6) is 0.0455. The molecule has 1 aliphatic heterocycles. The number of Topliss-reactive ketones (excluding diaryl/α,β-unsaturated/α-hetero) is 1. The molecule has 1 aromatic carbocycles. The van der Waals surface area contributed by atoms with Gasteiger partial charge in [0.25, 0.3) is 0 Å². The Bertz CT molecular complexity index is 596. The van der Waals surface area contributed by atoms with Crippen molar-refractivity contribution in [2.45, 2.75) is 64.5 Å². The van der Waals surface area contributed by atoms with E-state index in [9.17, 15) is 9.59 Å². The smallest absolute Gasteiger partial charge is 0.408 e. The molecule has 0 radical (unpaired) electrons. The van der Waals surface area contributed by atoms with Gasteiger partial charge in [-0.2, -0.15) is 0 Å². The van der Waals surface area contributed by atoms with Crippen molar-refractivity contribution < 1.29 is 14.3 Å². The molecule has 2 rings (SSSR count). The lowest BCUT2D eigenvalue weighted by Gasteiger charge is -2.37. The number of rotatable bonds is 5. The molecule has 1 aromatic rings. The van der Waals surface area contributed by atoms with Crippen LogP contribution < -0.4 is 10.6 Å². The van der Waals surface area contributed by atoms with E-state index in [0.717, 1.165) is 12.0 Å². The Morgan fingerprint density at radius 3 is 2.20 bits per heavy atom. The van der Waals surface area contributed by atoms with E-state index >= 15 is 0 Å². The Morgan fingerprint density at radius 1 is 1.12 bits per heavy atom. The molecular formula is C20H30N2O3. The van der Waals surface area contributed by atoms with E-state index in [0.29, 0.717) is 32.4 Å².